The average Bonchev–Trinajstić information content (AvgIpc) is 1.97. The summed E-state index contributed by atoms with van der Waals surface area (Å²) < 4.78 is 24.1. The standard InChI is InChI=1S/C8H18N2O2S/c1-7-5-10(13(4,11)12)6-8(2)9(7)3/h7-8H,5-6H2,1-4H3/t7-,8+. The minimum absolute atomic E-state index is 0.304. The molecule has 5 heteroatoms. The molecular weight excluding hydrogens is 188 g/mol. The molecule has 1 aliphatic heterocycles. The van der Waals surface area contributed by atoms with Crippen molar-refractivity contribution in [1.29, 1.82) is 0 Å². The van der Waals surface area contributed by atoms with E-state index in [4.69, 9.17) is 0 Å². The highest BCUT2D eigenvalue weighted by molar-refractivity contribution is 7.88. The molecule has 0 amide bonds. The van der Waals surface area contributed by atoms with Gasteiger partial charge >= 0.3 is 0 Å². The molecule has 1 fully saturated rings. The van der Waals surface area contributed by atoms with Gasteiger partial charge in [-0.15, -0.1) is 0 Å². The first-order valence-electron chi connectivity index (χ1n) is 4.49. The molecule has 0 aromatic rings. The van der Waals surface area contributed by atoms with Crippen molar-refractivity contribution in [2.24, 2.45) is 0 Å². The average molecular weight is 206 g/mol. The zero-order valence-electron chi connectivity index (χ0n) is 8.69. The molecule has 2 atom stereocenters. The summed E-state index contributed by atoms with van der Waals surface area (Å²) in [6.45, 7) is 5.32. The molecule has 0 aromatic carbocycles. The van der Waals surface area contributed by atoms with E-state index in [0.717, 1.165) is 0 Å². The molecule has 1 aliphatic rings. The lowest BCUT2D eigenvalue weighted by atomic mass is 10.1. The van der Waals surface area contributed by atoms with Crippen LogP contribution in [0.1, 0.15) is 13.8 Å². The first kappa shape index (κ1) is 10.9. The van der Waals surface area contributed by atoms with Gasteiger partial charge in [-0.25, -0.2) is 8.42 Å². The molecule has 0 aromatic heterocycles. The van der Waals surface area contributed by atoms with Crippen LogP contribution in [0, 0.1) is 0 Å². The SMILES string of the molecule is C[C@@H]1CN(S(C)(=O)=O)C[C@H](C)N1C. The normalized spacial score (nSPS) is 33.5. The fourth-order valence-corrected chi connectivity index (χ4v) is 2.60. The predicted octanol–water partition coefficient (Wildman–Crippen LogP) is -0.0296. The summed E-state index contributed by atoms with van der Waals surface area (Å²) in [6, 6.07) is 0.608. The number of hydrogen-bond donors (Lipinski definition) is 0. The van der Waals surface area contributed by atoms with Gasteiger partial charge in [-0.3, -0.25) is 4.90 Å². The minimum atomic E-state index is -3.01. The highest BCUT2D eigenvalue weighted by Crippen LogP contribution is 2.15. The van der Waals surface area contributed by atoms with E-state index in [1.54, 1.807) is 4.31 Å². The van der Waals surface area contributed by atoms with Crippen molar-refractivity contribution in [1.82, 2.24) is 9.21 Å². The highest BCUT2D eigenvalue weighted by atomic mass is 32.2. The van der Waals surface area contributed by atoms with E-state index < -0.39 is 10.0 Å². The third-order valence-corrected chi connectivity index (χ3v) is 4.03. The molecule has 0 N–H and O–H groups in total. The summed E-state index contributed by atoms with van der Waals surface area (Å²) in [6.07, 6.45) is 1.28. The Morgan fingerprint density at radius 3 is 1.85 bits per heavy atom. The fourth-order valence-electron chi connectivity index (χ4n) is 1.63. The Bertz CT molecular complexity index is 264. The lowest BCUT2D eigenvalue weighted by molar-refractivity contribution is 0.105. The number of hydrogen-bond acceptors (Lipinski definition) is 3. The van der Waals surface area contributed by atoms with Gasteiger partial charge in [0.1, 0.15) is 0 Å². The van der Waals surface area contributed by atoms with E-state index in [1.165, 1.54) is 6.26 Å². The van der Waals surface area contributed by atoms with Crippen molar-refractivity contribution in [2.75, 3.05) is 26.4 Å². The van der Waals surface area contributed by atoms with Gasteiger partial charge in [0.2, 0.25) is 10.0 Å². The van der Waals surface area contributed by atoms with Crippen LogP contribution in [0.15, 0.2) is 0 Å². The molecular formula is C8H18N2O2S. The van der Waals surface area contributed by atoms with E-state index in [1.807, 2.05) is 20.9 Å². The van der Waals surface area contributed by atoms with Crippen LogP contribution in [0.4, 0.5) is 0 Å². The van der Waals surface area contributed by atoms with Gasteiger partial charge in [0.15, 0.2) is 0 Å². The minimum Gasteiger partial charge on any atom is -0.298 e. The molecule has 0 spiro atoms. The lowest BCUT2D eigenvalue weighted by Gasteiger charge is -2.41. The van der Waals surface area contributed by atoms with Crippen molar-refractivity contribution < 1.29 is 8.42 Å². The second-order valence-electron chi connectivity index (χ2n) is 3.94. The predicted molar refractivity (Wildman–Crippen MR) is 53.1 cm³/mol. The van der Waals surface area contributed by atoms with E-state index in [9.17, 15) is 8.42 Å². The first-order chi connectivity index (χ1) is 5.82. The molecule has 1 heterocycles. The Balaban J connectivity index is 2.75. The zero-order valence-corrected chi connectivity index (χ0v) is 9.50. The zero-order chi connectivity index (χ0) is 10.2. The molecule has 1 rings (SSSR count). The summed E-state index contributed by atoms with van der Waals surface area (Å²) in [5, 5.41) is 0. The van der Waals surface area contributed by atoms with Crippen molar-refractivity contribution in [2.45, 2.75) is 25.9 Å². The Kier molecular flexibility index (Phi) is 2.99. The van der Waals surface area contributed by atoms with Crippen LogP contribution in [-0.2, 0) is 10.0 Å². The second-order valence-corrected chi connectivity index (χ2v) is 5.93. The molecule has 78 valence electrons. The van der Waals surface area contributed by atoms with Crippen LogP contribution in [0.25, 0.3) is 0 Å². The third kappa shape index (κ3) is 2.42. The molecule has 0 radical (unpaired) electrons. The van der Waals surface area contributed by atoms with Crippen molar-refractivity contribution >= 4 is 10.0 Å². The van der Waals surface area contributed by atoms with Crippen molar-refractivity contribution in [3.05, 3.63) is 0 Å². The van der Waals surface area contributed by atoms with Gasteiger partial charge in [0, 0.05) is 25.2 Å². The van der Waals surface area contributed by atoms with Crippen LogP contribution in [-0.4, -0.2) is 56.1 Å². The Morgan fingerprint density at radius 2 is 1.54 bits per heavy atom. The molecule has 1 saturated heterocycles. The van der Waals surface area contributed by atoms with Crippen LogP contribution in [0.2, 0.25) is 0 Å². The Hall–Kier alpha value is -0.130. The molecule has 0 bridgehead atoms. The topological polar surface area (TPSA) is 40.6 Å². The summed E-state index contributed by atoms with van der Waals surface area (Å²) in [5.74, 6) is 0. The van der Waals surface area contributed by atoms with E-state index in [0.29, 0.717) is 25.2 Å². The van der Waals surface area contributed by atoms with Gasteiger partial charge in [0.05, 0.1) is 6.26 Å². The number of piperazine rings is 1. The molecule has 4 nitrogen and oxygen atoms in total. The summed E-state index contributed by atoms with van der Waals surface area (Å²) in [5.41, 5.74) is 0. The van der Waals surface area contributed by atoms with Crippen LogP contribution in [0.5, 0.6) is 0 Å². The number of rotatable bonds is 1. The van der Waals surface area contributed by atoms with Gasteiger partial charge in [-0.1, -0.05) is 0 Å². The molecule has 13 heavy (non-hydrogen) atoms. The lowest BCUT2D eigenvalue weighted by Crippen LogP contribution is -2.56. The largest absolute Gasteiger partial charge is 0.298 e. The van der Waals surface area contributed by atoms with Gasteiger partial charge in [-0.2, -0.15) is 4.31 Å². The monoisotopic (exact) mass is 206 g/mol. The van der Waals surface area contributed by atoms with Crippen LogP contribution >= 0.6 is 0 Å². The second kappa shape index (κ2) is 3.55. The third-order valence-electron chi connectivity index (χ3n) is 2.80. The first-order valence-corrected chi connectivity index (χ1v) is 6.34. The van der Waals surface area contributed by atoms with Gasteiger partial charge in [0.25, 0.3) is 0 Å². The van der Waals surface area contributed by atoms with E-state index >= 15 is 0 Å². The van der Waals surface area contributed by atoms with E-state index in [2.05, 4.69) is 4.90 Å². The Morgan fingerprint density at radius 1 is 1.15 bits per heavy atom. The number of sulfonamides is 1. The maximum Gasteiger partial charge on any atom is 0.211 e. The quantitative estimate of drug-likeness (QED) is 0.605. The smallest absolute Gasteiger partial charge is 0.211 e. The van der Waals surface area contributed by atoms with Crippen molar-refractivity contribution in [3.63, 3.8) is 0 Å². The molecule has 0 aliphatic carbocycles. The highest BCUT2D eigenvalue weighted by Gasteiger charge is 2.30. The summed E-state index contributed by atoms with van der Waals surface area (Å²) in [7, 11) is -0.972. The van der Waals surface area contributed by atoms with E-state index in [-0.39, 0.29) is 0 Å². The van der Waals surface area contributed by atoms with Gasteiger partial charge < -0.3 is 0 Å². The molecule has 0 saturated carbocycles. The van der Waals surface area contributed by atoms with Crippen LogP contribution < -0.4 is 0 Å². The maximum atomic E-state index is 11.3. The molecule has 0 unspecified atom stereocenters. The fraction of sp³-hybridized carbons (Fsp3) is 1.00. The summed E-state index contributed by atoms with van der Waals surface area (Å²) >= 11 is 0. The number of likely N-dealkylation sites (N-methyl/N-ethyl adjacent to an activating group) is 1. The Labute approximate surface area is 80.6 Å². The number of nitrogens with zero attached hydrogens (tertiary/aromatic N) is 2. The van der Waals surface area contributed by atoms with Crippen LogP contribution in [0.3, 0.4) is 0 Å². The van der Waals surface area contributed by atoms with Gasteiger partial charge in [-0.05, 0) is 20.9 Å². The van der Waals surface area contributed by atoms with Crippen molar-refractivity contribution in [3.8, 4) is 0 Å². The summed E-state index contributed by atoms with van der Waals surface area (Å²) in [4.78, 5) is 2.21. The maximum absolute atomic E-state index is 11.3.